The van der Waals surface area contributed by atoms with Crippen molar-refractivity contribution >= 4 is 21.6 Å². The highest BCUT2D eigenvalue weighted by atomic mass is 32.2. The van der Waals surface area contributed by atoms with Gasteiger partial charge in [-0.1, -0.05) is 38.2 Å². The van der Waals surface area contributed by atoms with Crippen LogP contribution in [0, 0.1) is 0 Å². The molecule has 1 aromatic rings. The lowest BCUT2D eigenvalue weighted by molar-refractivity contribution is -0.120. The zero-order chi connectivity index (χ0) is 19.9. The third-order valence-electron chi connectivity index (χ3n) is 4.64. The Hall–Kier alpha value is -1.76. The van der Waals surface area contributed by atoms with Crippen molar-refractivity contribution in [3.8, 4) is 5.75 Å². The molecular formula is C20H32N2O4S. The van der Waals surface area contributed by atoms with Crippen molar-refractivity contribution in [3.05, 3.63) is 24.3 Å². The van der Waals surface area contributed by atoms with Crippen molar-refractivity contribution in [2.45, 2.75) is 70.9 Å². The van der Waals surface area contributed by atoms with Gasteiger partial charge in [-0.3, -0.25) is 9.10 Å². The minimum atomic E-state index is -3.60. The Bertz CT molecular complexity index is 710. The Morgan fingerprint density at radius 1 is 1.19 bits per heavy atom. The Balaban J connectivity index is 2.09. The monoisotopic (exact) mass is 396 g/mol. The number of sulfonamides is 1. The number of nitrogens with zero attached hydrogens (tertiary/aromatic N) is 1. The van der Waals surface area contributed by atoms with E-state index in [2.05, 4.69) is 5.32 Å². The highest BCUT2D eigenvalue weighted by Crippen LogP contribution is 2.24. The third-order valence-corrected chi connectivity index (χ3v) is 5.78. The molecular weight excluding hydrogens is 364 g/mol. The summed E-state index contributed by atoms with van der Waals surface area (Å²) in [6.07, 6.45) is 8.89. The van der Waals surface area contributed by atoms with Gasteiger partial charge in [0.2, 0.25) is 15.9 Å². The predicted octanol–water partition coefficient (Wildman–Crippen LogP) is 3.47. The molecule has 0 radical (unpaired) electrons. The lowest BCUT2D eigenvalue weighted by atomic mass is 9.97. The summed E-state index contributed by atoms with van der Waals surface area (Å²) >= 11 is 0. The van der Waals surface area contributed by atoms with Crippen LogP contribution in [0.25, 0.3) is 0 Å². The Morgan fingerprint density at radius 2 is 1.81 bits per heavy atom. The van der Waals surface area contributed by atoms with Crippen LogP contribution in [0.1, 0.15) is 58.8 Å². The zero-order valence-electron chi connectivity index (χ0n) is 16.6. The molecule has 0 aromatic heterocycles. The van der Waals surface area contributed by atoms with Crippen LogP contribution in [0.2, 0.25) is 0 Å². The van der Waals surface area contributed by atoms with E-state index in [1.54, 1.807) is 24.3 Å². The smallest absolute Gasteiger partial charge is 0.240 e. The summed E-state index contributed by atoms with van der Waals surface area (Å²) in [4.78, 5) is 12.6. The number of benzene rings is 1. The van der Waals surface area contributed by atoms with Crippen LogP contribution in [-0.4, -0.2) is 39.3 Å². The van der Waals surface area contributed by atoms with E-state index in [0.717, 1.165) is 36.2 Å². The fourth-order valence-electron chi connectivity index (χ4n) is 3.39. The summed E-state index contributed by atoms with van der Waals surface area (Å²) < 4.78 is 31.4. The minimum Gasteiger partial charge on any atom is -0.491 e. The van der Waals surface area contributed by atoms with Crippen LogP contribution in [0.3, 0.4) is 0 Å². The van der Waals surface area contributed by atoms with Crippen molar-refractivity contribution in [2.75, 3.05) is 17.1 Å². The van der Waals surface area contributed by atoms with Crippen LogP contribution in [0.15, 0.2) is 24.3 Å². The van der Waals surface area contributed by atoms with Crippen LogP contribution in [0.5, 0.6) is 5.75 Å². The Kier molecular flexibility index (Phi) is 7.95. The van der Waals surface area contributed by atoms with Gasteiger partial charge >= 0.3 is 0 Å². The van der Waals surface area contributed by atoms with Crippen molar-refractivity contribution < 1.29 is 17.9 Å². The molecule has 1 fully saturated rings. The molecule has 27 heavy (non-hydrogen) atoms. The Labute approximate surface area is 163 Å². The first-order valence-electron chi connectivity index (χ1n) is 9.79. The van der Waals surface area contributed by atoms with E-state index in [1.165, 1.54) is 19.3 Å². The van der Waals surface area contributed by atoms with E-state index >= 15 is 0 Å². The fourth-order valence-corrected chi connectivity index (χ4v) is 4.24. The number of rotatable bonds is 7. The summed E-state index contributed by atoms with van der Waals surface area (Å²) in [7, 11) is -3.60. The molecule has 0 heterocycles. The largest absolute Gasteiger partial charge is 0.491 e. The number of hydrogen-bond acceptors (Lipinski definition) is 4. The van der Waals surface area contributed by atoms with Crippen molar-refractivity contribution in [1.82, 2.24) is 5.32 Å². The average Bonchev–Trinajstić information content (AvgIpc) is 2.53. The first-order chi connectivity index (χ1) is 12.8. The van der Waals surface area contributed by atoms with Gasteiger partial charge in [-0.25, -0.2) is 8.42 Å². The molecule has 0 bridgehead atoms. The molecule has 0 spiro atoms. The number of amides is 1. The zero-order valence-corrected chi connectivity index (χ0v) is 17.4. The van der Waals surface area contributed by atoms with E-state index in [-0.39, 0.29) is 24.6 Å². The standard InChI is InChI=1S/C20H32N2O4S/c1-16(2)26-19-13-9-12-18(14-19)22(27(3,24)25)15-20(23)21-17-10-7-5-4-6-8-11-17/h9,12-14,16-17H,4-8,10-11,15H2,1-3H3,(H,21,23). The van der Waals surface area contributed by atoms with Gasteiger partial charge in [0.1, 0.15) is 12.3 Å². The van der Waals surface area contributed by atoms with Gasteiger partial charge in [0.15, 0.2) is 0 Å². The summed E-state index contributed by atoms with van der Waals surface area (Å²) in [5.41, 5.74) is 0.434. The summed E-state index contributed by atoms with van der Waals surface area (Å²) in [5.74, 6) is 0.317. The lowest BCUT2D eigenvalue weighted by Crippen LogP contribution is -2.44. The molecule has 1 aromatic carbocycles. The molecule has 1 saturated carbocycles. The van der Waals surface area contributed by atoms with Gasteiger partial charge in [0.25, 0.3) is 0 Å². The number of hydrogen-bond donors (Lipinski definition) is 1. The first-order valence-corrected chi connectivity index (χ1v) is 11.6. The van der Waals surface area contributed by atoms with Gasteiger partial charge in [0, 0.05) is 12.1 Å². The third kappa shape index (κ3) is 7.40. The number of carbonyl (C=O) groups is 1. The number of anilines is 1. The Morgan fingerprint density at radius 3 is 2.41 bits per heavy atom. The molecule has 1 aliphatic rings. The maximum absolute atomic E-state index is 12.6. The summed E-state index contributed by atoms with van der Waals surface area (Å²) in [5, 5.41) is 3.03. The van der Waals surface area contributed by atoms with Crippen LogP contribution in [-0.2, 0) is 14.8 Å². The normalized spacial score (nSPS) is 16.4. The highest BCUT2D eigenvalue weighted by molar-refractivity contribution is 7.92. The molecule has 152 valence electrons. The molecule has 0 saturated heterocycles. The molecule has 0 aliphatic heterocycles. The highest BCUT2D eigenvalue weighted by Gasteiger charge is 2.23. The van der Waals surface area contributed by atoms with Crippen LogP contribution >= 0.6 is 0 Å². The molecule has 0 atom stereocenters. The van der Waals surface area contributed by atoms with E-state index < -0.39 is 10.0 Å². The van der Waals surface area contributed by atoms with Gasteiger partial charge in [0.05, 0.1) is 18.0 Å². The van der Waals surface area contributed by atoms with Crippen LogP contribution < -0.4 is 14.4 Å². The SMILES string of the molecule is CC(C)Oc1cccc(N(CC(=O)NC2CCCCCCC2)S(C)(=O)=O)c1. The van der Waals surface area contributed by atoms with Crippen molar-refractivity contribution in [2.24, 2.45) is 0 Å². The molecule has 2 rings (SSSR count). The average molecular weight is 397 g/mol. The van der Waals surface area contributed by atoms with E-state index in [0.29, 0.717) is 11.4 Å². The maximum Gasteiger partial charge on any atom is 0.240 e. The molecule has 0 unspecified atom stereocenters. The lowest BCUT2D eigenvalue weighted by Gasteiger charge is -2.25. The molecule has 1 N–H and O–H groups in total. The van der Waals surface area contributed by atoms with Gasteiger partial charge in [-0.2, -0.15) is 0 Å². The van der Waals surface area contributed by atoms with E-state index in [4.69, 9.17) is 4.74 Å². The number of ether oxygens (including phenoxy) is 1. The van der Waals surface area contributed by atoms with E-state index in [1.807, 2.05) is 13.8 Å². The first kappa shape index (κ1) is 21.5. The minimum absolute atomic E-state index is 0.0189. The maximum atomic E-state index is 12.6. The second-order valence-corrected chi connectivity index (χ2v) is 9.45. The summed E-state index contributed by atoms with van der Waals surface area (Å²) in [6, 6.07) is 6.98. The predicted molar refractivity (Wildman–Crippen MR) is 109 cm³/mol. The quantitative estimate of drug-likeness (QED) is 0.766. The van der Waals surface area contributed by atoms with Gasteiger partial charge in [-0.15, -0.1) is 0 Å². The topological polar surface area (TPSA) is 75.7 Å². The van der Waals surface area contributed by atoms with E-state index in [9.17, 15) is 13.2 Å². The molecule has 6 nitrogen and oxygen atoms in total. The second-order valence-electron chi connectivity index (χ2n) is 7.54. The molecule has 1 amide bonds. The molecule has 7 heteroatoms. The van der Waals surface area contributed by atoms with Crippen molar-refractivity contribution in [1.29, 1.82) is 0 Å². The van der Waals surface area contributed by atoms with Crippen LogP contribution in [0.4, 0.5) is 5.69 Å². The van der Waals surface area contributed by atoms with Gasteiger partial charge < -0.3 is 10.1 Å². The fraction of sp³-hybridized carbons (Fsp3) is 0.650. The van der Waals surface area contributed by atoms with Crippen molar-refractivity contribution in [3.63, 3.8) is 0 Å². The summed E-state index contributed by atoms with van der Waals surface area (Å²) in [6.45, 7) is 3.59. The number of carbonyl (C=O) groups excluding carboxylic acids is 1. The second kappa shape index (κ2) is 9.97. The van der Waals surface area contributed by atoms with Gasteiger partial charge in [-0.05, 0) is 38.8 Å². The number of nitrogens with one attached hydrogen (secondary N) is 1. The molecule has 1 aliphatic carbocycles.